The highest BCUT2D eigenvalue weighted by Crippen LogP contribution is 2.34. The molecule has 36 heavy (non-hydrogen) atoms. The number of alkyl halides is 3. The van der Waals surface area contributed by atoms with Crippen LogP contribution >= 0.6 is 0 Å². The summed E-state index contributed by atoms with van der Waals surface area (Å²) >= 11 is 0. The molecule has 0 aliphatic rings. The van der Waals surface area contributed by atoms with Crippen LogP contribution < -0.4 is 19.7 Å². The van der Waals surface area contributed by atoms with Gasteiger partial charge in [0.2, 0.25) is 6.30 Å². The number of ether oxygens (including phenoxy) is 2. The second-order valence-electron chi connectivity index (χ2n) is 8.05. The van der Waals surface area contributed by atoms with E-state index in [2.05, 4.69) is 9.97 Å². The predicted molar refractivity (Wildman–Crippen MR) is 130 cm³/mol. The van der Waals surface area contributed by atoms with Gasteiger partial charge in [-0.05, 0) is 29.8 Å². The van der Waals surface area contributed by atoms with Crippen molar-refractivity contribution in [3.63, 3.8) is 0 Å². The molecule has 188 valence electrons. The summed E-state index contributed by atoms with van der Waals surface area (Å²) in [4.78, 5) is 23.4. The molecule has 0 bridgehead atoms. The average molecular weight is 499 g/mol. The molecule has 8 nitrogen and oxygen atoms in total. The van der Waals surface area contributed by atoms with Crippen LogP contribution in [0.3, 0.4) is 0 Å². The number of nitrogens with zero attached hydrogens (tertiary/aromatic N) is 4. The maximum atomic E-state index is 13.4. The minimum absolute atomic E-state index is 0.0221. The van der Waals surface area contributed by atoms with Gasteiger partial charge in [-0.2, -0.15) is 0 Å². The van der Waals surface area contributed by atoms with Crippen LogP contribution in [-0.2, 0) is 0 Å². The summed E-state index contributed by atoms with van der Waals surface area (Å²) < 4.78 is 51.0. The molecule has 4 aromatic rings. The number of methoxy groups -OCH3 is 2. The van der Waals surface area contributed by atoms with Gasteiger partial charge in [-0.3, -0.25) is 9.36 Å². The van der Waals surface area contributed by atoms with E-state index in [1.165, 1.54) is 26.4 Å². The first kappa shape index (κ1) is 24.8. The summed E-state index contributed by atoms with van der Waals surface area (Å²) in [7, 11) is 6.46. The lowest BCUT2D eigenvalue weighted by molar-refractivity contribution is 0.0285. The van der Waals surface area contributed by atoms with Gasteiger partial charge in [0.05, 0.1) is 30.9 Å². The fourth-order valence-corrected chi connectivity index (χ4v) is 3.74. The molecule has 0 spiro atoms. The van der Waals surface area contributed by atoms with Gasteiger partial charge in [-0.15, -0.1) is 0 Å². The minimum Gasteiger partial charge on any atom is -0.496 e. The third-order valence-electron chi connectivity index (χ3n) is 5.57. The lowest BCUT2D eigenvalue weighted by Gasteiger charge is -2.17. The van der Waals surface area contributed by atoms with E-state index in [0.717, 1.165) is 22.5 Å². The SMILES string of the molecule is COc1cc(-n2cnc3cc(-c4ccc(N(C)C)nc4)ccc32)cc(OC)c1C(=O)NC(F)C(F)F. The van der Waals surface area contributed by atoms with Crippen molar-refractivity contribution in [3.05, 3.63) is 60.6 Å². The molecule has 1 unspecified atom stereocenters. The highest BCUT2D eigenvalue weighted by Gasteiger charge is 2.27. The molecular weight excluding hydrogens is 475 g/mol. The molecule has 2 heterocycles. The highest BCUT2D eigenvalue weighted by molar-refractivity contribution is 6.00. The molecule has 2 aromatic carbocycles. The number of pyridine rings is 1. The van der Waals surface area contributed by atoms with Crippen LogP contribution in [0.15, 0.2) is 55.0 Å². The van der Waals surface area contributed by atoms with E-state index in [1.54, 1.807) is 22.4 Å². The summed E-state index contributed by atoms with van der Waals surface area (Å²) in [5.41, 5.74) is 3.68. The number of nitrogens with one attached hydrogen (secondary N) is 1. The Morgan fingerprint density at radius 1 is 0.972 bits per heavy atom. The monoisotopic (exact) mass is 499 g/mol. The predicted octanol–water partition coefficient (Wildman–Crippen LogP) is 4.46. The number of hydrogen-bond donors (Lipinski definition) is 1. The van der Waals surface area contributed by atoms with Gasteiger partial charge in [-0.25, -0.2) is 23.1 Å². The van der Waals surface area contributed by atoms with Gasteiger partial charge < -0.3 is 19.7 Å². The van der Waals surface area contributed by atoms with Crippen molar-refractivity contribution in [2.45, 2.75) is 12.7 Å². The lowest BCUT2D eigenvalue weighted by Crippen LogP contribution is -2.36. The smallest absolute Gasteiger partial charge is 0.287 e. The molecule has 1 atom stereocenters. The summed E-state index contributed by atoms with van der Waals surface area (Å²) in [5.74, 6) is -0.194. The van der Waals surface area contributed by atoms with Gasteiger partial charge in [-0.1, -0.05) is 6.07 Å². The number of amides is 1. The van der Waals surface area contributed by atoms with Gasteiger partial charge in [0.25, 0.3) is 12.3 Å². The third-order valence-corrected chi connectivity index (χ3v) is 5.57. The second-order valence-corrected chi connectivity index (χ2v) is 8.05. The Morgan fingerprint density at radius 3 is 2.19 bits per heavy atom. The summed E-state index contributed by atoms with van der Waals surface area (Å²) in [6.45, 7) is 0. The van der Waals surface area contributed by atoms with Gasteiger partial charge in [0.1, 0.15) is 29.2 Å². The van der Waals surface area contributed by atoms with Crippen LogP contribution in [0.25, 0.3) is 27.8 Å². The molecular formula is C25H24F3N5O3. The molecule has 0 saturated carbocycles. The molecule has 4 rings (SSSR count). The number of anilines is 1. The Labute approximate surface area is 205 Å². The van der Waals surface area contributed by atoms with E-state index in [9.17, 15) is 18.0 Å². The Balaban J connectivity index is 1.72. The molecule has 0 aliphatic heterocycles. The number of rotatable bonds is 8. The van der Waals surface area contributed by atoms with Gasteiger partial charge in [0.15, 0.2) is 0 Å². The van der Waals surface area contributed by atoms with E-state index < -0.39 is 18.6 Å². The average Bonchev–Trinajstić information content (AvgIpc) is 3.31. The minimum atomic E-state index is -3.37. The van der Waals surface area contributed by atoms with Crippen LogP contribution in [0, 0.1) is 0 Å². The lowest BCUT2D eigenvalue weighted by atomic mass is 10.1. The van der Waals surface area contributed by atoms with Crippen molar-refractivity contribution in [2.75, 3.05) is 33.2 Å². The topological polar surface area (TPSA) is 81.5 Å². The first-order chi connectivity index (χ1) is 17.2. The van der Waals surface area contributed by atoms with Crippen LogP contribution in [0.1, 0.15) is 10.4 Å². The van der Waals surface area contributed by atoms with E-state index in [4.69, 9.17) is 9.47 Å². The highest BCUT2D eigenvalue weighted by atomic mass is 19.3. The number of imidazole rings is 1. The zero-order chi connectivity index (χ0) is 26.0. The van der Waals surface area contributed by atoms with Crippen LogP contribution in [0.5, 0.6) is 11.5 Å². The van der Waals surface area contributed by atoms with E-state index in [1.807, 2.05) is 49.3 Å². The van der Waals surface area contributed by atoms with Crippen molar-refractivity contribution in [1.82, 2.24) is 19.9 Å². The standard InChI is InChI=1S/C25H24F3N5O3/c1-32(2)21-8-6-15(12-29-21)14-5-7-18-17(9-14)30-13-33(18)16-10-19(35-3)22(20(11-16)36-4)25(34)31-24(28)23(26)27/h5-13,23-24H,1-4H3,(H,31,34). The molecule has 1 amide bonds. The van der Waals surface area contributed by atoms with Crippen molar-refractivity contribution in [1.29, 1.82) is 0 Å². The quantitative estimate of drug-likeness (QED) is 0.361. The summed E-state index contributed by atoms with van der Waals surface area (Å²) in [6, 6.07) is 12.7. The van der Waals surface area contributed by atoms with Crippen molar-refractivity contribution in [3.8, 4) is 28.3 Å². The van der Waals surface area contributed by atoms with Crippen molar-refractivity contribution < 1.29 is 27.4 Å². The zero-order valence-corrected chi connectivity index (χ0v) is 20.0. The molecule has 1 N–H and O–H groups in total. The summed E-state index contributed by atoms with van der Waals surface area (Å²) in [6.07, 6.45) is -2.80. The number of hydrogen-bond acceptors (Lipinski definition) is 6. The van der Waals surface area contributed by atoms with Crippen LogP contribution in [-0.4, -0.2) is 61.5 Å². The molecule has 11 heteroatoms. The zero-order valence-electron chi connectivity index (χ0n) is 20.0. The number of halogens is 3. The Kier molecular flexibility index (Phi) is 7.00. The molecule has 0 radical (unpaired) electrons. The number of fused-ring (bicyclic) bond motifs is 1. The van der Waals surface area contributed by atoms with Crippen LogP contribution in [0.4, 0.5) is 19.0 Å². The van der Waals surface area contributed by atoms with E-state index in [-0.39, 0.29) is 17.1 Å². The third kappa shape index (κ3) is 4.77. The van der Waals surface area contributed by atoms with Crippen molar-refractivity contribution in [2.24, 2.45) is 0 Å². The van der Waals surface area contributed by atoms with Crippen LogP contribution in [0.2, 0.25) is 0 Å². The maximum absolute atomic E-state index is 13.4. The number of carbonyl (C=O) groups is 1. The van der Waals surface area contributed by atoms with Gasteiger partial charge >= 0.3 is 0 Å². The number of aromatic nitrogens is 3. The fourth-order valence-electron chi connectivity index (χ4n) is 3.74. The maximum Gasteiger partial charge on any atom is 0.287 e. The molecule has 0 saturated heterocycles. The first-order valence-corrected chi connectivity index (χ1v) is 10.8. The molecule has 2 aromatic heterocycles. The largest absolute Gasteiger partial charge is 0.496 e. The molecule has 0 aliphatic carbocycles. The summed E-state index contributed by atoms with van der Waals surface area (Å²) in [5, 5.41) is 1.62. The number of benzene rings is 2. The Bertz CT molecular complexity index is 1360. The van der Waals surface area contributed by atoms with E-state index >= 15 is 0 Å². The Hall–Kier alpha value is -4.28. The molecule has 0 fully saturated rings. The van der Waals surface area contributed by atoms with Gasteiger partial charge in [0, 0.05) is 38.0 Å². The Morgan fingerprint density at radius 2 is 1.64 bits per heavy atom. The first-order valence-electron chi connectivity index (χ1n) is 10.8. The second kappa shape index (κ2) is 10.1. The van der Waals surface area contributed by atoms with E-state index in [0.29, 0.717) is 11.2 Å². The number of carbonyl (C=O) groups excluding carboxylic acids is 1. The van der Waals surface area contributed by atoms with Crippen molar-refractivity contribution >= 4 is 22.8 Å². The fraction of sp³-hybridized carbons (Fsp3) is 0.240. The normalized spacial score (nSPS) is 12.0.